The quantitative estimate of drug-likeness (QED) is 0.840. The van der Waals surface area contributed by atoms with E-state index in [9.17, 15) is 0 Å². The molecule has 0 fully saturated rings. The maximum Gasteiger partial charge on any atom is 0.0991 e. The van der Waals surface area contributed by atoms with Crippen molar-refractivity contribution in [2.45, 2.75) is 33.7 Å². The SMILES string of the molecule is CC(NCC(C)C(C)C)c1cccc(C#N)c1. The normalized spacial score (nSPS) is 14.4. The lowest BCUT2D eigenvalue weighted by atomic mass is 9.97. The van der Waals surface area contributed by atoms with Crippen molar-refractivity contribution in [1.29, 1.82) is 5.26 Å². The van der Waals surface area contributed by atoms with Gasteiger partial charge in [0.05, 0.1) is 11.6 Å². The second-order valence-electron chi connectivity index (χ2n) is 5.09. The zero-order valence-corrected chi connectivity index (χ0v) is 11.2. The molecule has 2 heteroatoms. The number of benzene rings is 1. The highest BCUT2D eigenvalue weighted by Crippen LogP contribution is 2.15. The van der Waals surface area contributed by atoms with Crippen LogP contribution in [0.3, 0.4) is 0 Å². The topological polar surface area (TPSA) is 35.8 Å². The van der Waals surface area contributed by atoms with Gasteiger partial charge in [0.25, 0.3) is 0 Å². The molecule has 1 aromatic carbocycles. The minimum atomic E-state index is 0.296. The van der Waals surface area contributed by atoms with Gasteiger partial charge < -0.3 is 5.32 Å². The molecule has 0 bridgehead atoms. The van der Waals surface area contributed by atoms with E-state index in [4.69, 9.17) is 5.26 Å². The fourth-order valence-electron chi connectivity index (χ4n) is 1.59. The molecule has 2 nitrogen and oxygen atoms in total. The van der Waals surface area contributed by atoms with Crippen LogP contribution in [0, 0.1) is 23.2 Å². The van der Waals surface area contributed by atoms with Gasteiger partial charge in [0.15, 0.2) is 0 Å². The van der Waals surface area contributed by atoms with Gasteiger partial charge in [-0.05, 0) is 43.0 Å². The summed E-state index contributed by atoms with van der Waals surface area (Å²) < 4.78 is 0. The predicted molar refractivity (Wildman–Crippen MR) is 71.6 cm³/mol. The lowest BCUT2D eigenvalue weighted by Crippen LogP contribution is -2.26. The third-order valence-corrected chi connectivity index (χ3v) is 3.40. The molecule has 0 saturated carbocycles. The molecule has 0 aliphatic carbocycles. The Hall–Kier alpha value is -1.33. The second-order valence-corrected chi connectivity index (χ2v) is 5.09. The summed E-state index contributed by atoms with van der Waals surface area (Å²) in [4.78, 5) is 0. The van der Waals surface area contributed by atoms with Gasteiger partial charge in [-0.25, -0.2) is 0 Å². The summed E-state index contributed by atoms with van der Waals surface area (Å²) >= 11 is 0. The molecule has 0 heterocycles. The lowest BCUT2D eigenvalue weighted by molar-refractivity contribution is 0.375. The highest BCUT2D eigenvalue weighted by Gasteiger charge is 2.10. The molecule has 92 valence electrons. The van der Waals surface area contributed by atoms with E-state index >= 15 is 0 Å². The van der Waals surface area contributed by atoms with Gasteiger partial charge in [-0.3, -0.25) is 0 Å². The minimum Gasteiger partial charge on any atom is -0.310 e. The molecule has 1 aromatic rings. The Morgan fingerprint density at radius 2 is 1.94 bits per heavy atom. The largest absolute Gasteiger partial charge is 0.310 e. The van der Waals surface area contributed by atoms with Crippen molar-refractivity contribution < 1.29 is 0 Å². The van der Waals surface area contributed by atoms with Crippen molar-refractivity contribution in [2.24, 2.45) is 11.8 Å². The summed E-state index contributed by atoms with van der Waals surface area (Å²) in [6, 6.07) is 10.3. The van der Waals surface area contributed by atoms with Gasteiger partial charge in [-0.15, -0.1) is 0 Å². The third kappa shape index (κ3) is 4.20. The second kappa shape index (κ2) is 6.42. The molecule has 0 amide bonds. The smallest absolute Gasteiger partial charge is 0.0991 e. The Bertz CT molecular complexity index is 390. The van der Waals surface area contributed by atoms with E-state index in [0.29, 0.717) is 17.9 Å². The fraction of sp³-hybridized carbons (Fsp3) is 0.533. The zero-order chi connectivity index (χ0) is 12.8. The van der Waals surface area contributed by atoms with E-state index in [-0.39, 0.29) is 0 Å². The monoisotopic (exact) mass is 230 g/mol. The van der Waals surface area contributed by atoms with Crippen molar-refractivity contribution >= 4 is 0 Å². The van der Waals surface area contributed by atoms with Crippen LogP contribution in [0.5, 0.6) is 0 Å². The van der Waals surface area contributed by atoms with Crippen LogP contribution in [-0.2, 0) is 0 Å². The Morgan fingerprint density at radius 1 is 1.24 bits per heavy atom. The molecular weight excluding hydrogens is 208 g/mol. The summed E-state index contributed by atoms with van der Waals surface area (Å²) in [6.07, 6.45) is 0. The first kappa shape index (κ1) is 13.7. The summed E-state index contributed by atoms with van der Waals surface area (Å²) in [6.45, 7) is 9.90. The summed E-state index contributed by atoms with van der Waals surface area (Å²) in [5, 5.41) is 12.4. The van der Waals surface area contributed by atoms with Crippen molar-refractivity contribution in [3.63, 3.8) is 0 Å². The molecule has 0 spiro atoms. The molecule has 0 aliphatic rings. The highest BCUT2D eigenvalue weighted by molar-refractivity contribution is 5.33. The van der Waals surface area contributed by atoms with Gasteiger partial charge in [0.1, 0.15) is 0 Å². The number of nitrogens with zero attached hydrogens (tertiary/aromatic N) is 1. The van der Waals surface area contributed by atoms with Crippen LogP contribution in [0.1, 0.15) is 44.9 Å². The summed E-state index contributed by atoms with van der Waals surface area (Å²) in [7, 11) is 0. The van der Waals surface area contributed by atoms with Gasteiger partial charge >= 0.3 is 0 Å². The van der Waals surface area contributed by atoms with Gasteiger partial charge in [0.2, 0.25) is 0 Å². The first-order valence-electron chi connectivity index (χ1n) is 6.28. The van der Waals surface area contributed by atoms with Crippen LogP contribution >= 0.6 is 0 Å². The number of hydrogen-bond donors (Lipinski definition) is 1. The molecular formula is C15H22N2. The first-order chi connectivity index (χ1) is 8.04. The fourth-order valence-corrected chi connectivity index (χ4v) is 1.59. The van der Waals surface area contributed by atoms with Crippen LogP contribution in [0.25, 0.3) is 0 Å². The van der Waals surface area contributed by atoms with E-state index in [1.54, 1.807) is 0 Å². The molecule has 2 atom stereocenters. The lowest BCUT2D eigenvalue weighted by Gasteiger charge is -2.20. The number of rotatable bonds is 5. The molecule has 0 saturated heterocycles. The summed E-state index contributed by atoms with van der Waals surface area (Å²) in [5.41, 5.74) is 1.91. The first-order valence-corrected chi connectivity index (χ1v) is 6.28. The molecule has 0 aromatic heterocycles. The Labute approximate surface area is 105 Å². The maximum absolute atomic E-state index is 8.86. The van der Waals surface area contributed by atoms with E-state index in [1.807, 2.05) is 18.2 Å². The van der Waals surface area contributed by atoms with Crippen LogP contribution < -0.4 is 5.32 Å². The van der Waals surface area contributed by atoms with Crippen LogP contribution in [0.4, 0.5) is 0 Å². The standard InChI is InChI=1S/C15H22N2/c1-11(2)12(3)10-17-13(4)15-7-5-6-14(8-15)9-16/h5-8,11-13,17H,10H2,1-4H3. The maximum atomic E-state index is 8.86. The van der Waals surface area contributed by atoms with Gasteiger partial charge in [-0.2, -0.15) is 5.26 Å². The van der Waals surface area contributed by atoms with E-state index in [1.165, 1.54) is 5.56 Å². The average molecular weight is 230 g/mol. The van der Waals surface area contributed by atoms with Gasteiger partial charge in [-0.1, -0.05) is 32.9 Å². The predicted octanol–water partition coefficient (Wildman–Crippen LogP) is 3.50. The number of hydrogen-bond acceptors (Lipinski definition) is 2. The number of nitriles is 1. The molecule has 1 rings (SSSR count). The molecule has 0 aliphatic heterocycles. The molecule has 1 N–H and O–H groups in total. The van der Waals surface area contributed by atoms with Crippen LogP contribution in [-0.4, -0.2) is 6.54 Å². The molecule has 0 radical (unpaired) electrons. The van der Waals surface area contributed by atoms with E-state index in [0.717, 1.165) is 12.1 Å². The Kier molecular flexibility index (Phi) is 5.18. The van der Waals surface area contributed by atoms with Crippen molar-refractivity contribution in [3.05, 3.63) is 35.4 Å². The third-order valence-electron chi connectivity index (χ3n) is 3.40. The number of nitrogens with one attached hydrogen (secondary N) is 1. The Morgan fingerprint density at radius 3 is 2.53 bits per heavy atom. The van der Waals surface area contributed by atoms with Gasteiger partial charge in [0, 0.05) is 6.04 Å². The van der Waals surface area contributed by atoms with Crippen LogP contribution in [0.2, 0.25) is 0 Å². The van der Waals surface area contributed by atoms with Crippen LogP contribution in [0.15, 0.2) is 24.3 Å². The van der Waals surface area contributed by atoms with Crippen molar-refractivity contribution in [3.8, 4) is 6.07 Å². The summed E-state index contributed by atoms with van der Waals surface area (Å²) in [5.74, 6) is 1.36. The zero-order valence-electron chi connectivity index (χ0n) is 11.2. The van der Waals surface area contributed by atoms with E-state index < -0.39 is 0 Å². The van der Waals surface area contributed by atoms with Crippen molar-refractivity contribution in [1.82, 2.24) is 5.32 Å². The van der Waals surface area contributed by atoms with Crippen molar-refractivity contribution in [2.75, 3.05) is 6.54 Å². The molecule has 17 heavy (non-hydrogen) atoms. The minimum absolute atomic E-state index is 0.296. The Balaban J connectivity index is 2.58. The average Bonchev–Trinajstić information content (AvgIpc) is 2.35. The highest BCUT2D eigenvalue weighted by atomic mass is 14.9. The molecule has 2 unspecified atom stereocenters. The van der Waals surface area contributed by atoms with E-state index in [2.05, 4.69) is 45.1 Å².